The van der Waals surface area contributed by atoms with Gasteiger partial charge in [0.2, 0.25) is 0 Å². The third-order valence-electron chi connectivity index (χ3n) is 6.78. The van der Waals surface area contributed by atoms with E-state index in [2.05, 4.69) is 78.2 Å². The van der Waals surface area contributed by atoms with Gasteiger partial charge in [0.15, 0.2) is 0 Å². The van der Waals surface area contributed by atoms with Gasteiger partial charge in [0.1, 0.15) is 16.9 Å². The topological polar surface area (TPSA) is 27.3 Å². The Morgan fingerprint density at radius 3 is 2.50 bits per heavy atom. The van der Waals surface area contributed by atoms with Crippen LogP contribution in [0.15, 0.2) is 89.3 Å². The van der Waals surface area contributed by atoms with E-state index < -0.39 is 0 Å². The highest BCUT2D eigenvalue weighted by Crippen LogP contribution is 2.41. The normalized spacial score (nSPS) is 12.0. The van der Waals surface area contributed by atoms with Crippen LogP contribution < -0.4 is 4.74 Å². The highest BCUT2D eigenvalue weighted by molar-refractivity contribution is 6.37. The largest absolute Gasteiger partial charge is 0.496 e. The lowest BCUT2D eigenvalue weighted by Crippen LogP contribution is -1.95. The molecule has 5 aromatic carbocycles. The lowest BCUT2D eigenvalue weighted by Gasteiger charge is -2.11. The molecule has 0 radical (unpaired) electrons. The third-order valence-corrected chi connectivity index (χ3v) is 7.08. The van der Waals surface area contributed by atoms with E-state index in [9.17, 15) is 0 Å². The lowest BCUT2D eigenvalue weighted by molar-refractivity contribution is 0.420. The Morgan fingerprint density at radius 2 is 1.62 bits per heavy atom. The molecule has 0 saturated carbocycles. The minimum atomic E-state index is 0.690. The molecule has 3 nitrogen and oxygen atoms in total. The van der Waals surface area contributed by atoms with E-state index in [4.69, 9.17) is 20.8 Å². The van der Waals surface area contributed by atoms with Crippen LogP contribution in [-0.2, 0) is 0 Å². The number of methoxy groups -OCH3 is 1. The Bertz CT molecular complexity index is 1930. The molecule has 7 rings (SSSR count). The van der Waals surface area contributed by atoms with Crippen molar-refractivity contribution < 1.29 is 9.15 Å². The molecule has 34 heavy (non-hydrogen) atoms. The summed E-state index contributed by atoms with van der Waals surface area (Å²) < 4.78 is 14.2. The molecule has 0 N–H and O–H groups in total. The molecule has 4 heteroatoms. The second-order valence-corrected chi connectivity index (χ2v) is 9.21. The molecule has 0 saturated heterocycles. The van der Waals surface area contributed by atoms with Gasteiger partial charge in [-0.2, -0.15) is 0 Å². The van der Waals surface area contributed by atoms with Crippen molar-refractivity contribution in [1.29, 1.82) is 0 Å². The molecule has 0 unspecified atom stereocenters. The van der Waals surface area contributed by atoms with Crippen molar-refractivity contribution in [1.82, 2.24) is 4.57 Å². The Hall–Kier alpha value is -3.95. The van der Waals surface area contributed by atoms with Crippen LogP contribution in [0.2, 0.25) is 5.02 Å². The van der Waals surface area contributed by atoms with Crippen LogP contribution in [0.25, 0.3) is 60.2 Å². The summed E-state index contributed by atoms with van der Waals surface area (Å²) in [6, 6.07) is 29.4. The zero-order valence-electron chi connectivity index (χ0n) is 18.7. The van der Waals surface area contributed by atoms with Crippen LogP contribution in [-0.4, -0.2) is 11.7 Å². The summed E-state index contributed by atoms with van der Waals surface area (Å²) in [6.07, 6.45) is 0. The van der Waals surface area contributed by atoms with Crippen LogP contribution in [0.3, 0.4) is 0 Å². The van der Waals surface area contributed by atoms with E-state index in [-0.39, 0.29) is 0 Å². The Balaban J connectivity index is 1.55. The maximum Gasteiger partial charge on any atom is 0.136 e. The minimum Gasteiger partial charge on any atom is -0.496 e. The van der Waals surface area contributed by atoms with Gasteiger partial charge in [0.05, 0.1) is 28.6 Å². The monoisotopic (exact) mass is 461 g/mol. The standard InChI is InChI=1S/C30H20ClNO2/c1-17-7-10-21-23-15-18-8-9-20(14-19(18)16-28(23)34-27(21)13-17)32-25-6-4-3-5-22(25)29-26(33-2)12-11-24(31)30(29)32/h3-16H,1-2H3. The summed E-state index contributed by atoms with van der Waals surface area (Å²) in [6.45, 7) is 2.08. The number of fused-ring (bicyclic) bond motifs is 7. The van der Waals surface area contributed by atoms with Crippen LogP contribution >= 0.6 is 11.6 Å². The Kier molecular flexibility index (Phi) is 4.03. The highest BCUT2D eigenvalue weighted by atomic mass is 35.5. The fourth-order valence-electron chi connectivity index (χ4n) is 5.22. The number of halogens is 1. The summed E-state index contributed by atoms with van der Waals surface area (Å²) in [7, 11) is 1.70. The first-order valence-electron chi connectivity index (χ1n) is 11.2. The minimum absolute atomic E-state index is 0.690. The molecule has 0 spiro atoms. The van der Waals surface area contributed by atoms with Gasteiger partial charge in [-0.05, 0) is 71.8 Å². The Morgan fingerprint density at radius 1 is 0.765 bits per heavy atom. The summed E-state index contributed by atoms with van der Waals surface area (Å²) >= 11 is 6.78. The number of rotatable bonds is 2. The van der Waals surface area contributed by atoms with Crippen molar-refractivity contribution in [2.45, 2.75) is 6.92 Å². The molecule has 2 heterocycles. The number of para-hydroxylation sites is 1. The van der Waals surface area contributed by atoms with Gasteiger partial charge in [-0.1, -0.05) is 48.0 Å². The molecule has 0 amide bonds. The molecule has 2 aromatic heterocycles. The number of hydrogen-bond donors (Lipinski definition) is 0. The van der Waals surface area contributed by atoms with E-state index in [0.717, 1.165) is 60.6 Å². The number of aryl methyl sites for hydroxylation is 1. The van der Waals surface area contributed by atoms with Gasteiger partial charge in [0, 0.05) is 21.8 Å². The van der Waals surface area contributed by atoms with E-state index in [1.807, 2.05) is 18.2 Å². The van der Waals surface area contributed by atoms with Crippen molar-refractivity contribution in [2.75, 3.05) is 7.11 Å². The predicted molar refractivity (Wildman–Crippen MR) is 142 cm³/mol. The van der Waals surface area contributed by atoms with E-state index in [1.165, 1.54) is 10.9 Å². The van der Waals surface area contributed by atoms with E-state index in [1.54, 1.807) is 7.11 Å². The molecule has 0 bridgehead atoms. The zero-order valence-corrected chi connectivity index (χ0v) is 19.5. The quantitative estimate of drug-likeness (QED) is 0.257. The number of hydrogen-bond acceptors (Lipinski definition) is 2. The molecular formula is C30H20ClNO2. The summed E-state index contributed by atoms with van der Waals surface area (Å²) in [4.78, 5) is 0. The van der Waals surface area contributed by atoms with Crippen molar-refractivity contribution in [3.8, 4) is 11.4 Å². The number of benzene rings is 5. The first-order valence-corrected chi connectivity index (χ1v) is 11.6. The van der Waals surface area contributed by atoms with Gasteiger partial charge in [-0.25, -0.2) is 0 Å². The van der Waals surface area contributed by atoms with E-state index >= 15 is 0 Å². The zero-order chi connectivity index (χ0) is 23.0. The number of nitrogens with zero attached hydrogens (tertiary/aromatic N) is 1. The van der Waals surface area contributed by atoms with Crippen LogP contribution in [0, 0.1) is 6.92 Å². The molecule has 0 aliphatic rings. The third kappa shape index (κ3) is 2.65. The second kappa shape index (κ2) is 7.02. The number of ether oxygens (including phenoxy) is 1. The predicted octanol–water partition coefficient (Wildman–Crippen LogP) is 8.81. The molecule has 0 aliphatic carbocycles. The fraction of sp³-hybridized carbons (Fsp3) is 0.0667. The first kappa shape index (κ1) is 19.5. The number of aromatic nitrogens is 1. The number of furan rings is 1. The van der Waals surface area contributed by atoms with Gasteiger partial charge in [-0.15, -0.1) is 0 Å². The maximum atomic E-state index is 6.78. The second-order valence-electron chi connectivity index (χ2n) is 8.81. The molecular weight excluding hydrogens is 442 g/mol. The first-order chi connectivity index (χ1) is 16.6. The smallest absolute Gasteiger partial charge is 0.136 e. The maximum absolute atomic E-state index is 6.78. The highest BCUT2D eigenvalue weighted by Gasteiger charge is 2.18. The summed E-state index contributed by atoms with van der Waals surface area (Å²) in [5, 5.41) is 7.39. The molecule has 0 fully saturated rings. The van der Waals surface area contributed by atoms with Gasteiger partial charge in [0.25, 0.3) is 0 Å². The van der Waals surface area contributed by atoms with Crippen molar-refractivity contribution >= 4 is 66.1 Å². The van der Waals surface area contributed by atoms with Crippen molar-refractivity contribution in [3.63, 3.8) is 0 Å². The van der Waals surface area contributed by atoms with Crippen LogP contribution in [0.1, 0.15) is 5.56 Å². The molecule has 7 aromatic rings. The van der Waals surface area contributed by atoms with Crippen molar-refractivity contribution in [3.05, 3.63) is 95.5 Å². The summed E-state index contributed by atoms with van der Waals surface area (Å²) in [5.41, 5.74) is 6.08. The van der Waals surface area contributed by atoms with Crippen molar-refractivity contribution in [2.24, 2.45) is 0 Å². The fourth-order valence-corrected chi connectivity index (χ4v) is 5.46. The van der Waals surface area contributed by atoms with Gasteiger partial charge in [-0.3, -0.25) is 0 Å². The van der Waals surface area contributed by atoms with E-state index in [0.29, 0.717) is 5.02 Å². The van der Waals surface area contributed by atoms with Gasteiger partial charge < -0.3 is 13.7 Å². The SMILES string of the molecule is COc1ccc(Cl)c2c1c1ccccc1n2-c1ccc2cc3c(cc2c1)oc1cc(C)ccc13. The molecule has 0 atom stereocenters. The molecule has 0 aliphatic heterocycles. The van der Waals surface area contributed by atoms with Gasteiger partial charge >= 0.3 is 0 Å². The summed E-state index contributed by atoms with van der Waals surface area (Å²) in [5.74, 6) is 0.814. The van der Waals surface area contributed by atoms with Crippen LogP contribution in [0.4, 0.5) is 0 Å². The average Bonchev–Trinajstić information content (AvgIpc) is 3.38. The average molecular weight is 462 g/mol. The van der Waals surface area contributed by atoms with Crippen LogP contribution in [0.5, 0.6) is 5.75 Å². The molecule has 164 valence electrons. The lowest BCUT2D eigenvalue weighted by atomic mass is 10.0. The Labute approximate surface area is 200 Å².